The molecule has 15 heavy (non-hydrogen) atoms. The van der Waals surface area contributed by atoms with E-state index in [1.807, 2.05) is 17.5 Å². The third-order valence-corrected chi connectivity index (χ3v) is 4.01. The maximum absolute atomic E-state index is 11.6. The van der Waals surface area contributed by atoms with Crippen LogP contribution in [-0.4, -0.2) is 23.7 Å². The molecule has 0 aliphatic carbocycles. The molecule has 2 heterocycles. The van der Waals surface area contributed by atoms with Gasteiger partial charge < -0.3 is 10.4 Å². The molecule has 0 saturated heterocycles. The van der Waals surface area contributed by atoms with E-state index >= 15 is 0 Å². The molecule has 1 amide bonds. The second kappa shape index (κ2) is 4.30. The minimum absolute atomic E-state index is 0.107. The maximum Gasteiger partial charge on any atom is 0.261 e. The molecule has 2 aromatic rings. The molecule has 2 rings (SSSR count). The van der Waals surface area contributed by atoms with Crippen molar-refractivity contribution in [3.63, 3.8) is 0 Å². The monoisotopic (exact) mass is 241 g/mol. The summed E-state index contributed by atoms with van der Waals surface area (Å²) in [6.07, 6.45) is -0.505. The first kappa shape index (κ1) is 10.6. The smallest absolute Gasteiger partial charge is 0.261 e. The second-order valence-electron chi connectivity index (χ2n) is 3.32. The van der Waals surface area contributed by atoms with Gasteiger partial charge in [0.15, 0.2) is 0 Å². The summed E-state index contributed by atoms with van der Waals surface area (Å²) in [6, 6.07) is 3.90. The normalized spacial score (nSPS) is 12.9. The molecule has 1 atom stereocenters. The molecule has 0 unspecified atom stereocenters. The molecule has 3 nitrogen and oxygen atoms in total. The Morgan fingerprint density at radius 1 is 1.60 bits per heavy atom. The van der Waals surface area contributed by atoms with Gasteiger partial charge in [-0.2, -0.15) is 0 Å². The Bertz CT molecular complexity index is 444. The van der Waals surface area contributed by atoms with Crippen molar-refractivity contribution in [3.05, 3.63) is 22.4 Å². The summed E-state index contributed by atoms with van der Waals surface area (Å²) >= 11 is 3.11. The Morgan fingerprint density at radius 3 is 3.07 bits per heavy atom. The van der Waals surface area contributed by atoms with E-state index in [0.29, 0.717) is 11.4 Å². The van der Waals surface area contributed by atoms with E-state index in [0.717, 1.165) is 9.40 Å². The Labute approximate surface area is 95.4 Å². The Morgan fingerprint density at radius 2 is 2.40 bits per heavy atom. The number of aliphatic hydroxyl groups is 1. The molecular formula is C10H11NO2S2. The number of carbonyl (C=O) groups excluding carboxylic acids is 1. The molecule has 0 aliphatic rings. The van der Waals surface area contributed by atoms with Gasteiger partial charge in [-0.25, -0.2) is 0 Å². The lowest BCUT2D eigenvalue weighted by atomic mass is 10.4. The molecular weight excluding hydrogens is 230 g/mol. The molecule has 0 saturated carbocycles. The van der Waals surface area contributed by atoms with Crippen molar-refractivity contribution in [2.75, 3.05) is 6.54 Å². The molecule has 80 valence electrons. The van der Waals surface area contributed by atoms with Crippen LogP contribution in [0.3, 0.4) is 0 Å². The van der Waals surface area contributed by atoms with Crippen molar-refractivity contribution in [1.29, 1.82) is 0 Å². The van der Waals surface area contributed by atoms with E-state index < -0.39 is 6.10 Å². The summed E-state index contributed by atoms with van der Waals surface area (Å²) in [5.41, 5.74) is 0. The summed E-state index contributed by atoms with van der Waals surface area (Å²) in [7, 11) is 0. The van der Waals surface area contributed by atoms with E-state index in [2.05, 4.69) is 5.32 Å². The first-order valence-electron chi connectivity index (χ1n) is 4.60. The number of amides is 1. The number of carbonyl (C=O) groups is 1. The number of fused-ring (bicyclic) bond motifs is 1. The average Bonchev–Trinajstić information content (AvgIpc) is 2.72. The third-order valence-electron chi connectivity index (χ3n) is 1.92. The van der Waals surface area contributed by atoms with Gasteiger partial charge in [-0.15, -0.1) is 22.7 Å². The van der Waals surface area contributed by atoms with Crippen molar-refractivity contribution < 1.29 is 9.90 Å². The lowest BCUT2D eigenvalue weighted by Gasteiger charge is -2.04. The number of hydrogen-bond acceptors (Lipinski definition) is 4. The van der Waals surface area contributed by atoms with Crippen LogP contribution in [0.4, 0.5) is 0 Å². The quantitative estimate of drug-likeness (QED) is 0.864. The van der Waals surface area contributed by atoms with E-state index in [1.165, 1.54) is 11.3 Å². The first-order chi connectivity index (χ1) is 7.16. The van der Waals surface area contributed by atoms with Gasteiger partial charge in [-0.3, -0.25) is 4.79 Å². The molecule has 0 aliphatic heterocycles. The number of aliphatic hydroxyl groups excluding tert-OH is 1. The molecule has 5 heteroatoms. The predicted molar refractivity (Wildman–Crippen MR) is 63.7 cm³/mol. The summed E-state index contributed by atoms with van der Waals surface area (Å²) in [6.45, 7) is 1.94. The van der Waals surface area contributed by atoms with Crippen LogP contribution in [0, 0.1) is 0 Å². The standard InChI is InChI=1S/C10H11NO2S2/c1-6(12)5-11-10(13)9-4-8-7(15-9)2-3-14-8/h2-4,6,12H,5H2,1H3,(H,11,13)/t6-/m0/s1. The van der Waals surface area contributed by atoms with Crippen LogP contribution in [0.1, 0.15) is 16.6 Å². The van der Waals surface area contributed by atoms with E-state index in [-0.39, 0.29) is 5.91 Å². The number of rotatable bonds is 3. The SMILES string of the molecule is C[C@H](O)CNC(=O)c1cc2sccc2s1. The van der Waals surface area contributed by atoms with Gasteiger partial charge in [0.25, 0.3) is 5.91 Å². The van der Waals surface area contributed by atoms with Crippen LogP contribution >= 0.6 is 22.7 Å². The number of thiophene rings is 2. The zero-order valence-electron chi connectivity index (χ0n) is 8.19. The molecule has 0 spiro atoms. The van der Waals surface area contributed by atoms with Crippen LogP contribution in [0.2, 0.25) is 0 Å². The summed E-state index contributed by atoms with van der Waals surface area (Å²) in [4.78, 5) is 12.3. The molecule has 2 N–H and O–H groups in total. The molecule has 0 aromatic carbocycles. The zero-order valence-corrected chi connectivity index (χ0v) is 9.82. The maximum atomic E-state index is 11.6. The molecule has 0 radical (unpaired) electrons. The van der Waals surface area contributed by atoms with Gasteiger partial charge in [0.05, 0.1) is 11.0 Å². The molecule has 2 aromatic heterocycles. The van der Waals surface area contributed by atoms with Crippen molar-refractivity contribution in [2.45, 2.75) is 13.0 Å². The topological polar surface area (TPSA) is 49.3 Å². The highest BCUT2D eigenvalue weighted by molar-refractivity contribution is 7.27. The second-order valence-corrected chi connectivity index (χ2v) is 5.35. The van der Waals surface area contributed by atoms with Gasteiger partial charge in [0.2, 0.25) is 0 Å². The summed E-state index contributed by atoms with van der Waals surface area (Å²) in [5.74, 6) is -0.107. The third kappa shape index (κ3) is 2.37. The lowest BCUT2D eigenvalue weighted by Crippen LogP contribution is -2.29. The van der Waals surface area contributed by atoms with Crippen LogP contribution < -0.4 is 5.32 Å². The zero-order chi connectivity index (χ0) is 10.8. The average molecular weight is 241 g/mol. The Kier molecular flexibility index (Phi) is 3.04. The fraction of sp³-hybridized carbons (Fsp3) is 0.300. The van der Waals surface area contributed by atoms with Crippen molar-refractivity contribution in [1.82, 2.24) is 5.32 Å². The lowest BCUT2D eigenvalue weighted by molar-refractivity contribution is 0.0928. The van der Waals surface area contributed by atoms with Gasteiger partial charge in [0.1, 0.15) is 0 Å². The van der Waals surface area contributed by atoms with Gasteiger partial charge in [-0.05, 0) is 24.4 Å². The van der Waals surface area contributed by atoms with Crippen LogP contribution in [-0.2, 0) is 0 Å². The van der Waals surface area contributed by atoms with Crippen molar-refractivity contribution >= 4 is 38.0 Å². The van der Waals surface area contributed by atoms with E-state index in [1.54, 1.807) is 18.3 Å². The van der Waals surface area contributed by atoms with Crippen LogP contribution in [0.25, 0.3) is 9.40 Å². The number of hydrogen-bond donors (Lipinski definition) is 2. The van der Waals surface area contributed by atoms with E-state index in [4.69, 9.17) is 5.11 Å². The van der Waals surface area contributed by atoms with Crippen molar-refractivity contribution in [3.8, 4) is 0 Å². The number of nitrogens with one attached hydrogen (secondary N) is 1. The van der Waals surface area contributed by atoms with Gasteiger partial charge in [-0.1, -0.05) is 0 Å². The van der Waals surface area contributed by atoms with Gasteiger partial charge in [0, 0.05) is 15.9 Å². The van der Waals surface area contributed by atoms with Crippen LogP contribution in [0.5, 0.6) is 0 Å². The predicted octanol–water partition coefficient (Wildman–Crippen LogP) is 2.07. The fourth-order valence-corrected chi connectivity index (χ4v) is 3.23. The molecule has 0 fully saturated rings. The highest BCUT2D eigenvalue weighted by Gasteiger charge is 2.10. The highest BCUT2D eigenvalue weighted by Crippen LogP contribution is 2.29. The summed E-state index contributed by atoms with van der Waals surface area (Å²) < 4.78 is 2.28. The van der Waals surface area contributed by atoms with E-state index in [9.17, 15) is 4.79 Å². The first-order valence-corrected chi connectivity index (χ1v) is 6.30. The Hall–Kier alpha value is -0.910. The van der Waals surface area contributed by atoms with Gasteiger partial charge >= 0.3 is 0 Å². The fourth-order valence-electron chi connectivity index (χ4n) is 1.21. The highest BCUT2D eigenvalue weighted by atomic mass is 32.1. The van der Waals surface area contributed by atoms with Crippen LogP contribution in [0.15, 0.2) is 17.5 Å². The largest absolute Gasteiger partial charge is 0.392 e. The minimum Gasteiger partial charge on any atom is -0.392 e. The Balaban J connectivity index is 2.10. The van der Waals surface area contributed by atoms with Crippen molar-refractivity contribution in [2.24, 2.45) is 0 Å². The molecule has 0 bridgehead atoms. The summed E-state index contributed by atoms with van der Waals surface area (Å²) in [5, 5.41) is 13.7. The minimum atomic E-state index is -0.505.